The third kappa shape index (κ3) is 4.63. The van der Waals surface area contributed by atoms with E-state index in [1.165, 1.54) is 13.5 Å². The van der Waals surface area contributed by atoms with Crippen molar-refractivity contribution in [2.45, 2.75) is 31.5 Å². The number of hydrogen-bond acceptors (Lipinski definition) is 8. The van der Waals surface area contributed by atoms with Crippen LogP contribution in [0.3, 0.4) is 0 Å². The zero-order valence-corrected chi connectivity index (χ0v) is 16.3. The van der Waals surface area contributed by atoms with Crippen molar-refractivity contribution < 1.29 is 18.9 Å². The average Bonchev–Trinajstić information content (AvgIpc) is 3.11. The van der Waals surface area contributed by atoms with Crippen LogP contribution in [0.15, 0.2) is 18.2 Å². The first-order valence-corrected chi connectivity index (χ1v) is 9.91. The van der Waals surface area contributed by atoms with E-state index < -0.39 is 0 Å². The lowest BCUT2D eigenvalue weighted by Crippen LogP contribution is -2.39. The van der Waals surface area contributed by atoms with Crippen molar-refractivity contribution in [1.29, 1.82) is 0 Å². The van der Waals surface area contributed by atoms with Crippen LogP contribution < -0.4 is 15.2 Å². The highest BCUT2D eigenvalue weighted by Gasteiger charge is 2.24. The normalized spacial score (nSPS) is 23.6. The molecule has 2 saturated heterocycles. The van der Waals surface area contributed by atoms with Gasteiger partial charge in [-0.25, -0.2) is 0 Å². The van der Waals surface area contributed by atoms with E-state index in [0.717, 1.165) is 56.8 Å². The number of nitrogen functional groups attached to an aromatic ring is 1. The molecule has 0 bridgehead atoms. The number of anilines is 1. The zero-order chi connectivity index (χ0) is 19.3. The lowest BCUT2D eigenvalue weighted by Gasteiger charge is -2.26. The molecule has 0 aliphatic carbocycles. The van der Waals surface area contributed by atoms with E-state index in [4.69, 9.17) is 24.7 Å². The molecule has 28 heavy (non-hydrogen) atoms. The summed E-state index contributed by atoms with van der Waals surface area (Å²) in [5, 5.41) is 0.779. The number of nitrogens with two attached hydrogens (primary N) is 1. The summed E-state index contributed by atoms with van der Waals surface area (Å²) in [5.74, 6) is 1.12. The fourth-order valence-electron chi connectivity index (χ4n) is 3.80. The van der Waals surface area contributed by atoms with Crippen molar-refractivity contribution in [3.8, 4) is 11.8 Å². The van der Waals surface area contributed by atoms with Gasteiger partial charge in [0, 0.05) is 44.3 Å². The van der Waals surface area contributed by atoms with Gasteiger partial charge in [0.15, 0.2) is 0 Å². The van der Waals surface area contributed by atoms with Crippen LogP contribution >= 0.6 is 0 Å². The second-order valence-electron chi connectivity index (χ2n) is 7.33. The number of methoxy groups -OCH3 is 1. The van der Waals surface area contributed by atoms with Crippen molar-refractivity contribution in [1.82, 2.24) is 14.9 Å². The van der Waals surface area contributed by atoms with Gasteiger partial charge in [0.25, 0.3) is 0 Å². The molecule has 0 saturated carbocycles. The number of rotatable bonds is 6. The molecular weight excluding hydrogens is 360 g/mol. The molecule has 8 heteroatoms. The van der Waals surface area contributed by atoms with E-state index in [1.54, 1.807) is 0 Å². The van der Waals surface area contributed by atoms with Gasteiger partial charge in [-0.1, -0.05) is 0 Å². The maximum Gasteiger partial charge on any atom is 0.318 e. The minimum absolute atomic E-state index is 0.0320. The molecule has 2 aromatic rings. The summed E-state index contributed by atoms with van der Waals surface area (Å²) in [6.07, 6.45) is 3.76. The van der Waals surface area contributed by atoms with Gasteiger partial charge >= 0.3 is 6.01 Å². The molecule has 2 aliphatic heterocycles. The van der Waals surface area contributed by atoms with Gasteiger partial charge in [0.1, 0.15) is 24.3 Å². The number of hydrogen-bond donors (Lipinski definition) is 1. The summed E-state index contributed by atoms with van der Waals surface area (Å²) in [6.45, 7) is 5.02. The SMILES string of the molecule is COc1nc(N)c2ccc(OCC3CN(CC4CCCO4)CCCO3)cc2n1. The highest BCUT2D eigenvalue weighted by molar-refractivity contribution is 5.89. The molecule has 0 radical (unpaired) electrons. The van der Waals surface area contributed by atoms with E-state index in [0.29, 0.717) is 24.0 Å². The fraction of sp³-hybridized carbons (Fsp3) is 0.600. The molecule has 3 heterocycles. The van der Waals surface area contributed by atoms with Crippen LogP contribution in [0.2, 0.25) is 0 Å². The molecule has 0 amide bonds. The largest absolute Gasteiger partial charge is 0.491 e. The molecule has 0 spiro atoms. The third-order valence-electron chi connectivity index (χ3n) is 5.22. The average molecular weight is 388 g/mol. The Kier molecular flexibility index (Phi) is 6.09. The molecule has 4 rings (SSSR count). The summed E-state index contributed by atoms with van der Waals surface area (Å²) in [6, 6.07) is 5.86. The van der Waals surface area contributed by atoms with Gasteiger partial charge in [-0.2, -0.15) is 9.97 Å². The molecule has 1 aromatic carbocycles. The minimum Gasteiger partial charge on any atom is -0.491 e. The van der Waals surface area contributed by atoms with E-state index in [-0.39, 0.29) is 12.1 Å². The summed E-state index contributed by atoms with van der Waals surface area (Å²) in [4.78, 5) is 10.9. The van der Waals surface area contributed by atoms with Crippen LogP contribution in [0.4, 0.5) is 5.82 Å². The molecule has 8 nitrogen and oxygen atoms in total. The van der Waals surface area contributed by atoms with Crippen LogP contribution in [-0.2, 0) is 9.47 Å². The highest BCUT2D eigenvalue weighted by atomic mass is 16.5. The van der Waals surface area contributed by atoms with Crippen LogP contribution in [0.5, 0.6) is 11.8 Å². The Morgan fingerprint density at radius 2 is 2.04 bits per heavy atom. The van der Waals surface area contributed by atoms with E-state index in [1.807, 2.05) is 18.2 Å². The van der Waals surface area contributed by atoms with Crippen LogP contribution in [0.1, 0.15) is 19.3 Å². The Labute approximate surface area is 164 Å². The number of aromatic nitrogens is 2. The first-order valence-electron chi connectivity index (χ1n) is 9.91. The topological polar surface area (TPSA) is 92.0 Å². The van der Waals surface area contributed by atoms with Gasteiger partial charge in [0.2, 0.25) is 0 Å². The summed E-state index contributed by atoms with van der Waals surface area (Å²) < 4.78 is 22.9. The predicted molar refractivity (Wildman–Crippen MR) is 106 cm³/mol. The van der Waals surface area contributed by atoms with Crippen LogP contribution in [0.25, 0.3) is 10.9 Å². The molecule has 152 valence electrons. The zero-order valence-electron chi connectivity index (χ0n) is 16.3. The maximum atomic E-state index is 6.02. The number of benzene rings is 1. The third-order valence-corrected chi connectivity index (χ3v) is 5.22. The minimum atomic E-state index is 0.0320. The molecular formula is C20H28N4O4. The second-order valence-corrected chi connectivity index (χ2v) is 7.33. The summed E-state index contributed by atoms with van der Waals surface area (Å²) >= 11 is 0. The van der Waals surface area contributed by atoms with E-state index in [9.17, 15) is 0 Å². The number of fused-ring (bicyclic) bond motifs is 1. The first-order chi connectivity index (χ1) is 13.7. The van der Waals surface area contributed by atoms with E-state index in [2.05, 4.69) is 14.9 Å². The Balaban J connectivity index is 1.38. The standard InChI is InChI=1S/C20H28N4O4/c1-25-20-22-18-10-14(5-6-17(18)19(21)23-20)28-13-16-12-24(7-3-9-27-16)11-15-4-2-8-26-15/h5-6,10,15-16H,2-4,7-9,11-13H2,1H3,(H2,21,22,23). The van der Waals surface area contributed by atoms with Crippen molar-refractivity contribution in [2.75, 3.05) is 52.3 Å². The molecule has 2 N–H and O–H groups in total. The molecule has 2 atom stereocenters. The molecule has 2 unspecified atom stereocenters. The van der Waals surface area contributed by atoms with Gasteiger partial charge in [-0.05, 0) is 31.4 Å². The van der Waals surface area contributed by atoms with E-state index >= 15 is 0 Å². The molecule has 1 aromatic heterocycles. The second kappa shape index (κ2) is 8.89. The monoisotopic (exact) mass is 388 g/mol. The molecule has 2 fully saturated rings. The summed E-state index contributed by atoms with van der Waals surface area (Å²) in [5.41, 5.74) is 6.66. The Bertz CT molecular complexity index is 797. The molecule has 2 aliphatic rings. The Hall–Kier alpha value is -2.16. The fourth-order valence-corrected chi connectivity index (χ4v) is 3.80. The number of nitrogens with zero attached hydrogens (tertiary/aromatic N) is 3. The summed E-state index contributed by atoms with van der Waals surface area (Å²) in [7, 11) is 1.52. The van der Waals surface area contributed by atoms with Gasteiger partial charge in [-0.3, -0.25) is 4.90 Å². The Morgan fingerprint density at radius 3 is 2.86 bits per heavy atom. The predicted octanol–water partition coefficient (Wildman–Crippen LogP) is 1.87. The van der Waals surface area contributed by atoms with Gasteiger partial charge in [0.05, 0.1) is 18.7 Å². The number of ether oxygens (including phenoxy) is 4. The maximum absolute atomic E-state index is 6.02. The lowest BCUT2D eigenvalue weighted by atomic mass is 10.2. The van der Waals surface area contributed by atoms with Crippen molar-refractivity contribution in [2.24, 2.45) is 0 Å². The highest BCUT2D eigenvalue weighted by Crippen LogP contribution is 2.25. The lowest BCUT2D eigenvalue weighted by molar-refractivity contribution is 0.0125. The Morgan fingerprint density at radius 1 is 1.18 bits per heavy atom. The quantitative estimate of drug-likeness (QED) is 0.802. The van der Waals surface area contributed by atoms with Gasteiger partial charge in [-0.15, -0.1) is 0 Å². The first kappa shape index (κ1) is 19.2. The van der Waals surface area contributed by atoms with Crippen molar-refractivity contribution >= 4 is 16.7 Å². The van der Waals surface area contributed by atoms with Crippen LogP contribution in [-0.4, -0.2) is 73.6 Å². The van der Waals surface area contributed by atoms with Gasteiger partial charge < -0.3 is 24.7 Å². The van der Waals surface area contributed by atoms with Crippen molar-refractivity contribution in [3.05, 3.63) is 18.2 Å². The van der Waals surface area contributed by atoms with Crippen LogP contribution in [0, 0.1) is 0 Å². The smallest absolute Gasteiger partial charge is 0.318 e. The van der Waals surface area contributed by atoms with Crippen molar-refractivity contribution in [3.63, 3.8) is 0 Å².